The zero-order valence-corrected chi connectivity index (χ0v) is 13.4. The van der Waals surface area contributed by atoms with Crippen LogP contribution < -0.4 is 5.32 Å². The molecule has 7 nitrogen and oxygen atoms in total. The van der Waals surface area contributed by atoms with E-state index in [1.807, 2.05) is 0 Å². The van der Waals surface area contributed by atoms with Crippen LogP contribution in [0, 0.1) is 17.0 Å². The van der Waals surface area contributed by atoms with E-state index >= 15 is 0 Å². The number of hydrogen-bond acceptors (Lipinski definition) is 5. The lowest BCUT2D eigenvalue weighted by Crippen LogP contribution is -2.21. The van der Waals surface area contributed by atoms with Crippen molar-refractivity contribution in [3.05, 3.63) is 68.7 Å². The number of non-ortho nitro benzene ring substituents is 1. The van der Waals surface area contributed by atoms with Gasteiger partial charge in [-0.2, -0.15) is 0 Å². The Morgan fingerprint density at radius 1 is 1.21 bits per heavy atom. The number of amides is 1. The third kappa shape index (κ3) is 4.53. The monoisotopic (exact) mass is 348 g/mol. The first-order valence-electron chi connectivity index (χ1n) is 6.84. The van der Waals surface area contributed by atoms with Gasteiger partial charge in [-0.05, 0) is 36.8 Å². The third-order valence-electron chi connectivity index (χ3n) is 3.12. The normalized spacial score (nSPS) is 10.1. The van der Waals surface area contributed by atoms with E-state index in [1.165, 1.54) is 24.3 Å². The number of anilines is 1. The molecule has 0 unspecified atom stereocenters. The minimum atomic E-state index is -0.747. The number of nitrogens with one attached hydrogen (secondary N) is 1. The van der Waals surface area contributed by atoms with Gasteiger partial charge in [-0.1, -0.05) is 17.7 Å². The molecule has 0 spiro atoms. The first-order valence-corrected chi connectivity index (χ1v) is 7.22. The molecule has 2 rings (SSSR count). The van der Waals surface area contributed by atoms with Crippen LogP contribution in [0.3, 0.4) is 0 Å². The lowest BCUT2D eigenvalue weighted by atomic mass is 10.2. The number of ether oxygens (including phenoxy) is 1. The molecule has 8 heteroatoms. The molecule has 1 N–H and O–H groups in total. The number of benzene rings is 2. The van der Waals surface area contributed by atoms with Crippen LogP contribution >= 0.6 is 11.6 Å². The van der Waals surface area contributed by atoms with E-state index in [0.717, 1.165) is 5.56 Å². The van der Waals surface area contributed by atoms with E-state index < -0.39 is 23.4 Å². The number of nitrogens with zero attached hydrogens (tertiary/aromatic N) is 1. The van der Waals surface area contributed by atoms with E-state index in [4.69, 9.17) is 16.3 Å². The summed E-state index contributed by atoms with van der Waals surface area (Å²) in [5.74, 6) is -1.27. The highest BCUT2D eigenvalue weighted by molar-refractivity contribution is 6.31. The Bertz CT molecular complexity index is 790. The van der Waals surface area contributed by atoms with Crippen LogP contribution in [0.1, 0.15) is 15.9 Å². The summed E-state index contributed by atoms with van der Waals surface area (Å²) in [6.45, 7) is 1.32. The molecule has 0 saturated carbocycles. The topological polar surface area (TPSA) is 98.5 Å². The quantitative estimate of drug-likeness (QED) is 0.507. The van der Waals surface area contributed by atoms with Gasteiger partial charge in [-0.15, -0.1) is 0 Å². The number of halogens is 1. The molecule has 0 aliphatic carbocycles. The summed E-state index contributed by atoms with van der Waals surface area (Å²) in [5.41, 5.74) is 1.32. The lowest BCUT2D eigenvalue weighted by Gasteiger charge is -2.09. The average Bonchev–Trinajstić information content (AvgIpc) is 2.56. The van der Waals surface area contributed by atoms with Gasteiger partial charge in [0, 0.05) is 22.8 Å². The highest BCUT2D eigenvalue weighted by Crippen LogP contribution is 2.20. The van der Waals surface area contributed by atoms with Crippen LogP contribution in [-0.4, -0.2) is 23.4 Å². The Morgan fingerprint density at radius 2 is 1.88 bits per heavy atom. The maximum Gasteiger partial charge on any atom is 0.338 e. The third-order valence-corrected chi connectivity index (χ3v) is 3.36. The molecule has 2 aromatic rings. The van der Waals surface area contributed by atoms with Gasteiger partial charge >= 0.3 is 5.97 Å². The fourth-order valence-electron chi connectivity index (χ4n) is 1.85. The molecule has 124 valence electrons. The first-order chi connectivity index (χ1) is 11.4. The van der Waals surface area contributed by atoms with Crippen LogP contribution in [0.25, 0.3) is 0 Å². The van der Waals surface area contributed by atoms with Gasteiger partial charge in [0.1, 0.15) is 0 Å². The number of nitro benzene ring substituents is 1. The number of hydrogen-bond donors (Lipinski definition) is 1. The van der Waals surface area contributed by atoms with E-state index in [2.05, 4.69) is 5.32 Å². The van der Waals surface area contributed by atoms with Crippen molar-refractivity contribution < 1.29 is 19.2 Å². The molecule has 0 aromatic heterocycles. The molecule has 0 atom stereocenters. The predicted molar refractivity (Wildman–Crippen MR) is 88.2 cm³/mol. The Kier molecular flexibility index (Phi) is 5.49. The molecule has 0 radical (unpaired) electrons. The van der Waals surface area contributed by atoms with Crippen molar-refractivity contribution in [2.75, 3.05) is 11.9 Å². The second-order valence-corrected chi connectivity index (χ2v) is 5.32. The Balaban J connectivity index is 1.92. The molecule has 0 aliphatic rings. The fourth-order valence-corrected chi connectivity index (χ4v) is 2.02. The van der Waals surface area contributed by atoms with Gasteiger partial charge in [0.05, 0.1) is 10.5 Å². The van der Waals surface area contributed by atoms with Gasteiger partial charge in [0.2, 0.25) is 0 Å². The number of aryl methyl sites for hydroxylation is 1. The van der Waals surface area contributed by atoms with Gasteiger partial charge < -0.3 is 10.1 Å². The van der Waals surface area contributed by atoms with Gasteiger partial charge in [-0.25, -0.2) is 4.79 Å². The molecule has 0 bridgehead atoms. The number of rotatable bonds is 5. The summed E-state index contributed by atoms with van der Waals surface area (Å²) in [7, 11) is 0. The Hall–Kier alpha value is -2.93. The summed E-state index contributed by atoms with van der Waals surface area (Å²) in [5, 5.41) is 13.6. The van der Waals surface area contributed by atoms with Gasteiger partial charge in [0.25, 0.3) is 11.6 Å². The summed E-state index contributed by atoms with van der Waals surface area (Å²) < 4.78 is 4.88. The van der Waals surface area contributed by atoms with E-state index in [-0.39, 0.29) is 11.3 Å². The number of nitro groups is 1. The number of carbonyl (C=O) groups is 2. The zero-order chi connectivity index (χ0) is 17.7. The molecular weight excluding hydrogens is 336 g/mol. The van der Waals surface area contributed by atoms with Crippen LogP contribution in [0.5, 0.6) is 0 Å². The highest BCUT2D eigenvalue weighted by Gasteiger charge is 2.13. The summed E-state index contributed by atoms with van der Waals surface area (Å²) in [6.07, 6.45) is 0. The molecule has 1 amide bonds. The van der Waals surface area contributed by atoms with Gasteiger partial charge in [-0.3, -0.25) is 14.9 Å². The van der Waals surface area contributed by atoms with E-state index in [0.29, 0.717) is 10.7 Å². The molecular formula is C16H13ClN2O5. The van der Waals surface area contributed by atoms with Crippen molar-refractivity contribution in [1.29, 1.82) is 0 Å². The predicted octanol–water partition coefficient (Wildman–Crippen LogP) is 3.35. The van der Waals surface area contributed by atoms with Crippen molar-refractivity contribution in [1.82, 2.24) is 0 Å². The van der Waals surface area contributed by atoms with Crippen LogP contribution in [0.4, 0.5) is 11.4 Å². The van der Waals surface area contributed by atoms with Crippen molar-refractivity contribution >= 4 is 34.9 Å². The van der Waals surface area contributed by atoms with Crippen LogP contribution in [-0.2, 0) is 9.53 Å². The number of esters is 1. The summed E-state index contributed by atoms with van der Waals surface area (Å²) in [4.78, 5) is 33.6. The lowest BCUT2D eigenvalue weighted by molar-refractivity contribution is -0.384. The van der Waals surface area contributed by atoms with Gasteiger partial charge in [0.15, 0.2) is 6.61 Å². The summed E-state index contributed by atoms with van der Waals surface area (Å²) in [6, 6.07) is 9.94. The molecule has 0 heterocycles. The van der Waals surface area contributed by atoms with Crippen molar-refractivity contribution in [3.8, 4) is 0 Å². The molecule has 24 heavy (non-hydrogen) atoms. The number of carbonyl (C=O) groups excluding carboxylic acids is 2. The van der Waals surface area contributed by atoms with E-state index in [1.54, 1.807) is 25.1 Å². The maximum absolute atomic E-state index is 11.8. The molecule has 2 aromatic carbocycles. The van der Waals surface area contributed by atoms with Crippen molar-refractivity contribution in [2.45, 2.75) is 6.92 Å². The van der Waals surface area contributed by atoms with Crippen LogP contribution in [0.15, 0.2) is 42.5 Å². The second kappa shape index (κ2) is 7.56. The van der Waals surface area contributed by atoms with Crippen molar-refractivity contribution in [3.63, 3.8) is 0 Å². The van der Waals surface area contributed by atoms with Crippen molar-refractivity contribution in [2.24, 2.45) is 0 Å². The SMILES string of the molecule is Cc1ccc(Cl)cc1NC(=O)COC(=O)c1ccc([N+](=O)[O-])cc1. The molecule has 0 saturated heterocycles. The summed E-state index contributed by atoms with van der Waals surface area (Å²) >= 11 is 5.86. The fraction of sp³-hybridized carbons (Fsp3) is 0.125. The average molecular weight is 349 g/mol. The minimum absolute atomic E-state index is 0.118. The smallest absolute Gasteiger partial charge is 0.338 e. The maximum atomic E-state index is 11.8. The van der Waals surface area contributed by atoms with Crippen LogP contribution in [0.2, 0.25) is 5.02 Å². The Labute approximate surface area is 142 Å². The van der Waals surface area contributed by atoms with E-state index in [9.17, 15) is 19.7 Å². The second-order valence-electron chi connectivity index (χ2n) is 4.89. The first kappa shape index (κ1) is 17.4. The molecule has 0 fully saturated rings. The minimum Gasteiger partial charge on any atom is -0.452 e. The standard InChI is InChI=1S/C16H13ClN2O5/c1-10-2-5-12(17)8-14(10)18-15(20)9-24-16(21)11-3-6-13(7-4-11)19(22)23/h2-8H,9H2,1H3,(H,18,20). The Morgan fingerprint density at radius 3 is 2.50 bits per heavy atom. The zero-order valence-electron chi connectivity index (χ0n) is 12.6. The largest absolute Gasteiger partial charge is 0.452 e. The molecule has 0 aliphatic heterocycles. The highest BCUT2D eigenvalue weighted by atomic mass is 35.5.